The molecular weight excluding hydrogens is 434 g/mol. The summed E-state index contributed by atoms with van der Waals surface area (Å²) in [5.74, 6) is -0.247. The summed E-state index contributed by atoms with van der Waals surface area (Å²) in [5, 5.41) is 9.76. The maximum Gasteiger partial charge on any atom is 0.302 e. The van der Waals surface area contributed by atoms with E-state index in [9.17, 15) is 14.9 Å². The molecule has 0 radical (unpaired) electrons. The van der Waals surface area contributed by atoms with Crippen molar-refractivity contribution >= 4 is 11.9 Å². The second-order valence-electron chi connectivity index (χ2n) is 8.46. The van der Waals surface area contributed by atoms with Crippen LogP contribution in [0.5, 0.6) is 5.75 Å². The number of esters is 2. The van der Waals surface area contributed by atoms with Crippen molar-refractivity contribution in [3.05, 3.63) is 64.2 Å². The number of nitriles is 1. The Bertz CT molecular complexity index is 1060. The molecule has 7 nitrogen and oxygen atoms in total. The van der Waals surface area contributed by atoms with E-state index in [0.29, 0.717) is 30.6 Å². The fraction of sp³-hybridized carbons (Fsp3) is 0.444. The summed E-state index contributed by atoms with van der Waals surface area (Å²) < 4.78 is 22.5. The number of nitrogens with zero attached hydrogens (tertiary/aromatic N) is 1. The van der Waals surface area contributed by atoms with Crippen LogP contribution in [0.3, 0.4) is 0 Å². The Hall–Kier alpha value is -3.37. The molecule has 0 N–H and O–H groups in total. The highest BCUT2D eigenvalue weighted by Crippen LogP contribution is 2.39. The molecule has 3 atom stereocenters. The monoisotopic (exact) mass is 465 g/mol. The van der Waals surface area contributed by atoms with Gasteiger partial charge in [-0.1, -0.05) is 31.2 Å². The molecule has 0 bridgehead atoms. The number of ether oxygens (including phenoxy) is 4. The smallest absolute Gasteiger partial charge is 0.302 e. The van der Waals surface area contributed by atoms with E-state index in [4.69, 9.17) is 18.9 Å². The maximum absolute atomic E-state index is 11.6. The molecule has 3 rings (SSSR count). The molecule has 180 valence electrons. The van der Waals surface area contributed by atoms with Gasteiger partial charge in [0.1, 0.15) is 18.5 Å². The van der Waals surface area contributed by atoms with Gasteiger partial charge in [0, 0.05) is 32.3 Å². The maximum atomic E-state index is 11.6. The first-order valence-electron chi connectivity index (χ1n) is 11.5. The quantitative estimate of drug-likeness (QED) is 0.532. The molecule has 34 heavy (non-hydrogen) atoms. The third-order valence-electron chi connectivity index (χ3n) is 5.91. The Morgan fingerprint density at radius 2 is 1.79 bits per heavy atom. The lowest BCUT2D eigenvalue weighted by Gasteiger charge is -2.35. The zero-order chi connectivity index (χ0) is 24.7. The van der Waals surface area contributed by atoms with Crippen LogP contribution in [0.15, 0.2) is 36.4 Å². The lowest BCUT2D eigenvalue weighted by molar-refractivity contribution is -0.169. The number of hydrogen-bond donors (Lipinski definition) is 0. The Kier molecular flexibility index (Phi) is 8.67. The first-order chi connectivity index (χ1) is 16.3. The van der Waals surface area contributed by atoms with Crippen molar-refractivity contribution in [2.24, 2.45) is 0 Å². The van der Waals surface area contributed by atoms with Crippen molar-refractivity contribution in [3.63, 3.8) is 0 Å². The van der Waals surface area contributed by atoms with Crippen molar-refractivity contribution < 1.29 is 28.5 Å². The molecule has 2 aromatic carbocycles. The Morgan fingerprint density at radius 3 is 2.38 bits per heavy atom. The lowest BCUT2D eigenvalue weighted by atomic mass is 9.91. The van der Waals surface area contributed by atoms with E-state index in [0.717, 1.165) is 23.1 Å². The van der Waals surface area contributed by atoms with Gasteiger partial charge in [-0.3, -0.25) is 9.59 Å². The first-order valence-corrected chi connectivity index (χ1v) is 11.5. The molecule has 0 saturated carbocycles. The molecule has 3 unspecified atom stereocenters. The average molecular weight is 466 g/mol. The number of methoxy groups -OCH3 is 1. The van der Waals surface area contributed by atoms with Crippen LogP contribution in [0.25, 0.3) is 0 Å². The molecule has 7 heteroatoms. The third-order valence-corrected chi connectivity index (χ3v) is 5.91. The van der Waals surface area contributed by atoms with Gasteiger partial charge in [0.05, 0.1) is 31.0 Å². The van der Waals surface area contributed by atoms with Crippen LogP contribution < -0.4 is 4.74 Å². The summed E-state index contributed by atoms with van der Waals surface area (Å²) in [4.78, 5) is 22.9. The number of benzene rings is 2. The van der Waals surface area contributed by atoms with Gasteiger partial charge in [-0.15, -0.1) is 0 Å². The molecular formula is C27H31NO6. The van der Waals surface area contributed by atoms with Crippen molar-refractivity contribution in [2.45, 2.75) is 64.8 Å². The van der Waals surface area contributed by atoms with Crippen LogP contribution in [-0.2, 0) is 36.6 Å². The van der Waals surface area contributed by atoms with E-state index >= 15 is 0 Å². The van der Waals surface area contributed by atoms with Crippen LogP contribution in [-0.4, -0.2) is 37.9 Å². The number of carbonyl (C=O) groups is 2. The number of hydrogen-bond acceptors (Lipinski definition) is 7. The van der Waals surface area contributed by atoms with E-state index in [-0.39, 0.29) is 18.7 Å². The Balaban J connectivity index is 1.94. The second-order valence-corrected chi connectivity index (χ2v) is 8.46. The largest absolute Gasteiger partial charge is 0.496 e. The molecule has 1 fully saturated rings. The van der Waals surface area contributed by atoms with Crippen LogP contribution in [0.2, 0.25) is 0 Å². The van der Waals surface area contributed by atoms with Crippen molar-refractivity contribution in [3.8, 4) is 11.8 Å². The van der Waals surface area contributed by atoms with E-state index in [2.05, 4.69) is 37.3 Å². The average Bonchev–Trinajstić information content (AvgIpc) is 2.82. The minimum atomic E-state index is -0.456. The standard InChI is InChI=1S/C27H31NO6/c1-5-19-6-8-20(9-7-19)10-21-11-25(26(31-4)12-22(21)15-28)27-14-23(33-18(3)30)13-24(34-27)16-32-17(2)29/h6-9,11-12,23-24,27H,5,10,13-14,16H2,1-4H3. The number of carbonyl (C=O) groups excluding carboxylic acids is 2. The number of aryl methyl sites for hydroxylation is 1. The lowest BCUT2D eigenvalue weighted by Crippen LogP contribution is -2.37. The fourth-order valence-corrected chi connectivity index (χ4v) is 4.26. The summed E-state index contributed by atoms with van der Waals surface area (Å²) in [5.41, 5.74) is 4.51. The van der Waals surface area contributed by atoms with Crippen molar-refractivity contribution in [1.29, 1.82) is 5.26 Å². The summed E-state index contributed by atoms with van der Waals surface area (Å²) in [6.07, 6.45) is 1.14. The molecule has 0 amide bonds. The minimum Gasteiger partial charge on any atom is -0.496 e. The first kappa shape index (κ1) is 25.3. The SMILES string of the molecule is CCc1ccc(Cc2cc(C3CC(OC(C)=O)CC(COC(C)=O)O3)c(OC)cc2C#N)cc1. The van der Waals surface area contributed by atoms with Gasteiger partial charge < -0.3 is 18.9 Å². The molecule has 1 aliphatic heterocycles. The molecule has 0 aliphatic carbocycles. The fourth-order valence-electron chi connectivity index (χ4n) is 4.26. The zero-order valence-electron chi connectivity index (χ0n) is 20.1. The van der Waals surface area contributed by atoms with Gasteiger partial charge in [0.25, 0.3) is 0 Å². The predicted octanol–water partition coefficient (Wildman–Crippen LogP) is 4.43. The van der Waals surface area contributed by atoms with Crippen LogP contribution in [0, 0.1) is 11.3 Å². The van der Waals surface area contributed by atoms with Crippen molar-refractivity contribution in [1.82, 2.24) is 0 Å². The summed E-state index contributed by atoms with van der Waals surface area (Å²) in [7, 11) is 1.55. The van der Waals surface area contributed by atoms with Gasteiger partial charge in [-0.05, 0) is 41.7 Å². The molecule has 1 aliphatic rings. The Morgan fingerprint density at radius 1 is 1.09 bits per heavy atom. The van der Waals surface area contributed by atoms with Gasteiger partial charge >= 0.3 is 11.9 Å². The van der Waals surface area contributed by atoms with Gasteiger partial charge in [0.15, 0.2) is 0 Å². The van der Waals surface area contributed by atoms with E-state index in [1.54, 1.807) is 13.2 Å². The van der Waals surface area contributed by atoms with E-state index < -0.39 is 18.2 Å². The van der Waals surface area contributed by atoms with E-state index in [1.807, 2.05) is 6.07 Å². The summed E-state index contributed by atoms with van der Waals surface area (Å²) >= 11 is 0. The predicted molar refractivity (Wildman–Crippen MR) is 125 cm³/mol. The normalized spacial score (nSPS) is 19.7. The van der Waals surface area contributed by atoms with Crippen LogP contribution in [0.1, 0.15) is 67.5 Å². The number of rotatable bonds is 8. The highest BCUT2D eigenvalue weighted by Gasteiger charge is 2.34. The van der Waals surface area contributed by atoms with Gasteiger partial charge in [-0.25, -0.2) is 0 Å². The minimum absolute atomic E-state index is 0.0683. The van der Waals surface area contributed by atoms with Crippen LogP contribution >= 0.6 is 0 Å². The highest BCUT2D eigenvalue weighted by atomic mass is 16.6. The van der Waals surface area contributed by atoms with Gasteiger partial charge in [0.2, 0.25) is 0 Å². The molecule has 1 heterocycles. The topological polar surface area (TPSA) is 94.8 Å². The molecule has 2 aromatic rings. The molecule has 0 spiro atoms. The zero-order valence-corrected chi connectivity index (χ0v) is 20.1. The second kappa shape index (κ2) is 11.7. The van der Waals surface area contributed by atoms with Crippen molar-refractivity contribution in [2.75, 3.05) is 13.7 Å². The summed E-state index contributed by atoms with van der Waals surface area (Å²) in [6.45, 7) is 4.89. The third kappa shape index (κ3) is 6.58. The molecule has 1 saturated heterocycles. The summed E-state index contributed by atoms with van der Waals surface area (Å²) in [6, 6.07) is 14.3. The Labute approximate surface area is 200 Å². The van der Waals surface area contributed by atoms with Crippen LogP contribution in [0.4, 0.5) is 0 Å². The van der Waals surface area contributed by atoms with E-state index in [1.165, 1.54) is 19.4 Å². The van der Waals surface area contributed by atoms with Gasteiger partial charge in [-0.2, -0.15) is 5.26 Å². The molecule has 0 aromatic heterocycles. The highest BCUT2D eigenvalue weighted by molar-refractivity contribution is 5.66.